The van der Waals surface area contributed by atoms with Crippen molar-refractivity contribution in [1.82, 2.24) is 20.3 Å². The molecule has 0 saturated carbocycles. The van der Waals surface area contributed by atoms with Crippen LogP contribution in [-0.2, 0) is 20.9 Å². The van der Waals surface area contributed by atoms with Gasteiger partial charge in [-0.1, -0.05) is 29.5 Å². The van der Waals surface area contributed by atoms with E-state index in [9.17, 15) is 14.4 Å². The molecule has 11 heteroatoms. The predicted molar refractivity (Wildman–Crippen MR) is 156 cm³/mol. The van der Waals surface area contributed by atoms with E-state index in [0.717, 1.165) is 12.8 Å². The molecule has 4 aromatic rings. The molecule has 218 valence electrons. The number of rotatable bonds is 11. The van der Waals surface area contributed by atoms with Crippen LogP contribution in [0.3, 0.4) is 0 Å². The first kappa shape index (κ1) is 28.7. The number of para-hydroxylation sites is 2. The molecule has 3 aromatic carbocycles. The van der Waals surface area contributed by atoms with Crippen LogP contribution in [0.25, 0.3) is 11.0 Å². The van der Waals surface area contributed by atoms with Crippen molar-refractivity contribution in [3.8, 4) is 11.5 Å². The second-order valence-electron chi connectivity index (χ2n) is 9.97. The van der Waals surface area contributed by atoms with E-state index in [1.54, 1.807) is 42.5 Å². The maximum Gasteiger partial charge on any atom is 0.249 e. The Morgan fingerprint density at radius 1 is 1.05 bits per heavy atom. The summed E-state index contributed by atoms with van der Waals surface area (Å²) in [5.74, 6) is -0.239. The van der Waals surface area contributed by atoms with E-state index in [1.807, 2.05) is 24.3 Å². The van der Waals surface area contributed by atoms with Gasteiger partial charge in [0, 0.05) is 30.0 Å². The Bertz CT molecular complexity index is 1580. The minimum atomic E-state index is -1.16. The number of fused-ring (bicyclic) bond motifs is 1. The largest absolute Gasteiger partial charge is 0.493 e. The van der Waals surface area contributed by atoms with Gasteiger partial charge in [-0.05, 0) is 62.2 Å². The molecule has 11 nitrogen and oxygen atoms in total. The molecule has 2 heterocycles. The third-order valence-electron chi connectivity index (χ3n) is 7.29. The van der Waals surface area contributed by atoms with Crippen LogP contribution in [0.1, 0.15) is 41.7 Å². The van der Waals surface area contributed by atoms with Crippen molar-refractivity contribution in [3.63, 3.8) is 0 Å². The number of anilines is 1. The first-order chi connectivity index (χ1) is 20.4. The van der Waals surface area contributed by atoms with Gasteiger partial charge in [-0.15, -0.1) is 5.10 Å². The van der Waals surface area contributed by atoms with Crippen molar-refractivity contribution in [1.29, 1.82) is 0 Å². The summed E-state index contributed by atoms with van der Waals surface area (Å²) in [6.45, 7) is 2.21. The molecule has 42 heavy (non-hydrogen) atoms. The molecule has 1 fully saturated rings. The van der Waals surface area contributed by atoms with Crippen molar-refractivity contribution in [3.05, 3.63) is 77.9 Å². The SMILES string of the molecule is COc1cccc([C@H](C(=O)NC[C@H]2CCCO2)N(C(=O)Cn2nnc3ccccc32)c2ccc(C(C)=O)cc2)c1OC. The Balaban J connectivity index is 1.61. The summed E-state index contributed by atoms with van der Waals surface area (Å²) in [5, 5.41) is 11.4. The molecule has 5 rings (SSSR count). The van der Waals surface area contributed by atoms with E-state index < -0.39 is 17.9 Å². The molecule has 0 bridgehead atoms. The number of amides is 2. The lowest BCUT2D eigenvalue weighted by molar-refractivity contribution is -0.127. The van der Waals surface area contributed by atoms with Crippen LogP contribution in [0, 0.1) is 0 Å². The Kier molecular flexibility index (Phi) is 8.77. The van der Waals surface area contributed by atoms with Crippen molar-refractivity contribution >= 4 is 34.3 Å². The number of methoxy groups -OCH3 is 2. The number of ketones is 1. The fourth-order valence-corrected chi connectivity index (χ4v) is 5.17. The van der Waals surface area contributed by atoms with Crippen LogP contribution in [0.15, 0.2) is 66.7 Å². The van der Waals surface area contributed by atoms with E-state index >= 15 is 0 Å². The second kappa shape index (κ2) is 12.8. The molecule has 0 unspecified atom stereocenters. The lowest BCUT2D eigenvalue weighted by atomic mass is 10.00. The summed E-state index contributed by atoms with van der Waals surface area (Å²) in [6, 6.07) is 17.9. The van der Waals surface area contributed by atoms with Crippen molar-refractivity contribution in [2.75, 3.05) is 32.3 Å². The summed E-state index contributed by atoms with van der Waals surface area (Å²) >= 11 is 0. The third kappa shape index (κ3) is 5.96. The quantitative estimate of drug-likeness (QED) is 0.270. The summed E-state index contributed by atoms with van der Waals surface area (Å²) in [5.41, 5.74) is 2.64. The average molecular weight is 572 g/mol. The average Bonchev–Trinajstić information content (AvgIpc) is 3.68. The Hall–Kier alpha value is -4.77. The van der Waals surface area contributed by atoms with Gasteiger partial charge < -0.3 is 19.5 Å². The zero-order valence-corrected chi connectivity index (χ0v) is 23.8. The monoisotopic (exact) mass is 571 g/mol. The predicted octanol–water partition coefficient (Wildman–Crippen LogP) is 3.72. The van der Waals surface area contributed by atoms with Gasteiger partial charge in [0.25, 0.3) is 0 Å². The van der Waals surface area contributed by atoms with Crippen LogP contribution < -0.4 is 19.7 Å². The molecule has 1 N–H and O–H groups in total. The summed E-state index contributed by atoms with van der Waals surface area (Å²) in [7, 11) is 2.99. The minimum absolute atomic E-state index is 0.109. The zero-order valence-electron chi connectivity index (χ0n) is 23.8. The number of aromatic nitrogens is 3. The minimum Gasteiger partial charge on any atom is -0.493 e. The third-order valence-corrected chi connectivity index (χ3v) is 7.29. The van der Waals surface area contributed by atoms with Gasteiger partial charge in [0.1, 0.15) is 18.1 Å². The number of nitrogens with zero attached hydrogens (tertiary/aromatic N) is 4. The molecule has 0 aliphatic carbocycles. The van der Waals surface area contributed by atoms with E-state index in [4.69, 9.17) is 14.2 Å². The smallest absolute Gasteiger partial charge is 0.249 e. The van der Waals surface area contributed by atoms with Gasteiger partial charge in [-0.3, -0.25) is 19.3 Å². The van der Waals surface area contributed by atoms with E-state index in [1.165, 1.54) is 30.7 Å². The number of nitrogens with one attached hydrogen (secondary N) is 1. The van der Waals surface area contributed by atoms with E-state index in [2.05, 4.69) is 15.6 Å². The van der Waals surface area contributed by atoms with Gasteiger partial charge in [0.05, 0.1) is 25.8 Å². The van der Waals surface area contributed by atoms with E-state index in [-0.39, 0.29) is 18.4 Å². The van der Waals surface area contributed by atoms with Crippen molar-refractivity contribution < 1.29 is 28.6 Å². The maximum atomic E-state index is 14.3. The van der Waals surface area contributed by atoms with Crippen LogP contribution in [-0.4, -0.2) is 66.1 Å². The number of hydrogen-bond donors (Lipinski definition) is 1. The second-order valence-corrected chi connectivity index (χ2v) is 9.97. The molecule has 0 radical (unpaired) electrons. The highest BCUT2D eigenvalue weighted by Gasteiger charge is 2.36. The molecular weight excluding hydrogens is 538 g/mol. The Labute approximate surface area is 243 Å². The topological polar surface area (TPSA) is 125 Å². The molecule has 1 aliphatic heterocycles. The number of benzene rings is 3. The van der Waals surface area contributed by atoms with Crippen molar-refractivity contribution in [2.45, 2.75) is 38.5 Å². The van der Waals surface area contributed by atoms with Crippen LogP contribution in [0.4, 0.5) is 5.69 Å². The maximum absolute atomic E-state index is 14.3. The van der Waals surface area contributed by atoms with E-state index in [0.29, 0.717) is 52.5 Å². The summed E-state index contributed by atoms with van der Waals surface area (Å²) in [4.78, 5) is 41.9. The highest BCUT2D eigenvalue weighted by Crippen LogP contribution is 2.39. The van der Waals surface area contributed by atoms with Gasteiger partial charge in [0.2, 0.25) is 11.8 Å². The van der Waals surface area contributed by atoms with Gasteiger partial charge >= 0.3 is 0 Å². The highest BCUT2D eigenvalue weighted by atomic mass is 16.5. The first-order valence-corrected chi connectivity index (χ1v) is 13.7. The molecule has 0 spiro atoms. The fraction of sp³-hybridized carbons (Fsp3) is 0.323. The van der Waals surface area contributed by atoms with Gasteiger partial charge in [-0.25, -0.2) is 4.68 Å². The molecule has 1 aromatic heterocycles. The lowest BCUT2D eigenvalue weighted by Crippen LogP contribution is -2.46. The highest BCUT2D eigenvalue weighted by molar-refractivity contribution is 6.02. The number of Topliss-reactive ketones (excluding diaryl/α,β-unsaturated/α-hetero) is 1. The standard InChI is InChI=1S/C31H33N5O6/c1-20(37)21-13-15-22(16-14-21)36(28(38)19-35-26-11-5-4-10-25(26)33-34-35)29(31(39)32-18-23-8-7-17-42-23)24-9-6-12-27(40-2)30(24)41-3/h4-6,9-16,23,29H,7-8,17-19H2,1-3H3,(H,32,39)/t23-,29-/m1/s1. The summed E-state index contributed by atoms with van der Waals surface area (Å²) in [6.07, 6.45) is 1.65. The summed E-state index contributed by atoms with van der Waals surface area (Å²) < 4.78 is 18.5. The van der Waals surface area contributed by atoms with Gasteiger partial charge in [-0.2, -0.15) is 0 Å². The number of hydrogen-bond acceptors (Lipinski definition) is 8. The molecule has 2 amide bonds. The lowest BCUT2D eigenvalue weighted by Gasteiger charge is -2.33. The van der Waals surface area contributed by atoms with Crippen LogP contribution >= 0.6 is 0 Å². The van der Waals surface area contributed by atoms with Crippen LogP contribution in [0.5, 0.6) is 11.5 Å². The van der Waals surface area contributed by atoms with Gasteiger partial charge in [0.15, 0.2) is 17.3 Å². The molecule has 1 saturated heterocycles. The normalized spacial score (nSPS) is 15.3. The first-order valence-electron chi connectivity index (χ1n) is 13.7. The number of ether oxygens (including phenoxy) is 3. The molecular formula is C31H33N5O6. The Morgan fingerprint density at radius 2 is 1.83 bits per heavy atom. The van der Waals surface area contributed by atoms with Crippen LogP contribution in [0.2, 0.25) is 0 Å². The molecule has 1 aliphatic rings. The number of carbonyl (C=O) groups excluding carboxylic acids is 3. The van der Waals surface area contributed by atoms with Crippen molar-refractivity contribution in [2.24, 2.45) is 0 Å². The Morgan fingerprint density at radius 3 is 2.52 bits per heavy atom. The zero-order chi connectivity index (χ0) is 29.6. The molecule has 2 atom stereocenters. The number of carbonyl (C=O) groups is 3. The fourth-order valence-electron chi connectivity index (χ4n) is 5.17.